The third-order valence-corrected chi connectivity index (χ3v) is 2.49. The Morgan fingerprint density at radius 3 is 2.77 bits per heavy atom. The van der Waals surface area contributed by atoms with Gasteiger partial charge in [0, 0.05) is 5.92 Å². The van der Waals surface area contributed by atoms with Gasteiger partial charge in [0.2, 0.25) is 0 Å². The summed E-state index contributed by atoms with van der Waals surface area (Å²) in [4.78, 5) is 16.3. The zero-order valence-electron chi connectivity index (χ0n) is 7.66. The molecule has 1 saturated heterocycles. The highest BCUT2D eigenvalue weighted by Gasteiger charge is 2.30. The molecule has 1 aliphatic carbocycles. The fourth-order valence-electron chi connectivity index (χ4n) is 1.29. The summed E-state index contributed by atoms with van der Waals surface area (Å²) in [7, 11) is 0. The Kier molecular flexibility index (Phi) is 2.20. The van der Waals surface area contributed by atoms with Crippen molar-refractivity contribution in [3.63, 3.8) is 0 Å². The Labute approximate surface area is 76.9 Å². The molecule has 4 heteroatoms. The minimum absolute atomic E-state index is 0.0765. The zero-order valence-corrected chi connectivity index (χ0v) is 7.66. The van der Waals surface area contributed by atoms with Crippen LogP contribution in [0.25, 0.3) is 0 Å². The van der Waals surface area contributed by atoms with Crippen molar-refractivity contribution in [2.24, 2.45) is 11.1 Å². The molecule has 0 aromatic heterocycles. The van der Waals surface area contributed by atoms with E-state index in [2.05, 4.69) is 5.16 Å². The topological polar surface area (TPSA) is 47.9 Å². The smallest absolute Gasteiger partial charge is 0.356 e. The average Bonchev–Trinajstić information content (AvgIpc) is 2.32. The number of esters is 1. The van der Waals surface area contributed by atoms with E-state index in [4.69, 9.17) is 9.57 Å². The van der Waals surface area contributed by atoms with Crippen molar-refractivity contribution in [1.82, 2.24) is 0 Å². The van der Waals surface area contributed by atoms with Crippen LogP contribution in [0.3, 0.4) is 0 Å². The SMILES string of the molecule is CC1COC(=O)/C1=N\OC1CCC1. The zero-order chi connectivity index (χ0) is 9.26. The van der Waals surface area contributed by atoms with Gasteiger partial charge < -0.3 is 9.57 Å². The third-order valence-electron chi connectivity index (χ3n) is 2.49. The molecule has 2 fully saturated rings. The Bertz CT molecular complexity index is 245. The molecule has 0 bridgehead atoms. The van der Waals surface area contributed by atoms with Crippen LogP contribution in [0.5, 0.6) is 0 Å². The monoisotopic (exact) mass is 183 g/mol. The number of ether oxygens (including phenoxy) is 1. The Morgan fingerprint density at radius 1 is 1.54 bits per heavy atom. The van der Waals surface area contributed by atoms with Crippen LogP contribution in [0.2, 0.25) is 0 Å². The molecule has 2 aliphatic rings. The number of hydrogen-bond donors (Lipinski definition) is 0. The molecule has 0 amide bonds. The fraction of sp³-hybridized carbons (Fsp3) is 0.778. The van der Waals surface area contributed by atoms with Crippen molar-refractivity contribution in [2.45, 2.75) is 32.3 Å². The van der Waals surface area contributed by atoms with Crippen LogP contribution in [0.15, 0.2) is 5.16 Å². The van der Waals surface area contributed by atoms with E-state index in [9.17, 15) is 4.79 Å². The number of carbonyl (C=O) groups excluding carboxylic acids is 1. The van der Waals surface area contributed by atoms with Crippen molar-refractivity contribution in [3.8, 4) is 0 Å². The predicted octanol–water partition coefficient (Wildman–Crippen LogP) is 1.10. The normalized spacial score (nSPS) is 31.6. The maximum absolute atomic E-state index is 11.1. The summed E-state index contributed by atoms with van der Waals surface area (Å²) in [5, 5.41) is 3.85. The first-order chi connectivity index (χ1) is 6.27. The molecule has 0 aromatic rings. The van der Waals surface area contributed by atoms with Crippen molar-refractivity contribution in [3.05, 3.63) is 0 Å². The van der Waals surface area contributed by atoms with E-state index in [0.717, 1.165) is 12.8 Å². The lowest BCUT2D eigenvalue weighted by Crippen LogP contribution is -2.21. The second-order valence-corrected chi connectivity index (χ2v) is 3.63. The molecule has 1 atom stereocenters. The van der Waals surface area contributed by atoms with Crippen LogP contribution in [0.1, 0.15) is 26.2 Å². The average molecular weight is 183 g/mol. The largest absolute Gasteiger partial charge is 0.460 e. The van der Waals surface area contributed by atoms with E-state index in [0.29, 0.717) is 12.3 Å². The first-order valence-electron chi connectivity index (χ1n) is 4.68. The summed E-state index contributed by atoms with van der Waals surface area (Å²) in [5.74, 6) is -0.251. The van der Waals surface area contributed by atoms with Crippen LogP contribution in [0.4, 0.5) is 0 Å². The van der Waals surface area contributed by atoms with E-state index in [-0.39, 0.29) is 18.0 Å². The number of carbonyl (C=O) groups is 1. The Morgan fingerprint density at radius 2 is 2.31 bits per heavy atom. The molecule has 2 rings (SSSR count). The van der Waals surface area contributed by atoms with E-state index in [1.165, 1.54) is 6.42 Å². The van der Waals surface area contributed by atoms with Gasteiger partial charge in [-0.2, -0.15) is 0 Å². The van der Waals surface area contributed by atoms with Crippen LogP contribution in [-0.2, 0) is 14.4 Å². The predicted molar refractivity (Wildman–Crippen MR) is 46.3 cm³/mol. The van der Waals surface area contributed by atoms with Gasteiger partial charge in [0.25, 0.3) is 0 Å². The second-order valence-electron chi connectivity index (χ2n) is 3.63. The molecule has 0 aromatic carbocycles. The lowest BCUT2D eigenvalue weighted by Gasteiger charge is -2.22. The minimum Gasteiger partial charge on any atom is -0.460 e. The second kappa shape index (κ2) is 3.36. The number of nitrogens with zero attached hydrogens (tertiary/aromatic N) is 1. The molecule has 1 aliphatic heterocycles. The molecular weight excluding hydrogens is 170 g/mol. The lowest BCUT2D eigenvalue weighted by molar-refractivity contribution is -0.133. The molecule has 1 saturated carbocycles. The molecule has 0 N–H and O–H groups in total. The van der Waals surface area contributed by atoms with Gasteiger partial charge in [-0.05, 0) is 19.3 Å². The Balaban J connectivity index is 1.92. The molecular formula is C9H13NO3. The molecule has 72 valence electrons. The van der Waals surface area contributed by atoms with Crippen LogP contribution in [-0.4, -0.2) is 24.4 Å². The highest BCUT2D eigenvalue weighted by Crippen LogP contribution is 2.22. The number of oxime groups is 1. The lowest BCUT2D eigenvalue weighted by atomic mass is 9.97. The van der Waals surface area contributed by atoms with Crippen molar-refractivity contribution >= 4 is 11.7 Å². The van der Waals surface area contributed by atoms with Gasteiger partial charge in [0.05, 0.1) is 0 Å². The molecule has 4 nitrogen and oxygen atoms in total. The number of rotatable bonds is 2. The molecule has 0 spiro atoms. The number of hydrogen-bond acceptors (Lipinski definition) is 4. The fourth-order valence-corrected chi connectivity index (χ4v) is 1.29. The maximum Gasteiger partial charge on any atom is 0.356 e. The van der Waals surface area contributed by atoms with Gasteiger partial charge in [-0.3, -0.25) is 0 Å². The first kappa shape index (κ1) is 8.53. The van der Waals surface area contributed by atoms with Gasteiger partial charge in [-0.15, -0.1) is 0 Å². The highest BCUT2D eigenvalue weighted by molar-refractivity contribution is 6.38. The van der Waals surface area contributed by atoms with Gasteiger partial charge in [-0.25, -0.2) is 4.79 Å². The van der Waals surface area contributed by atoms with Crippen molar-refractivity contribution in [2.75, 3.05) is 6.61 Å². The standard InChI is InChI=1S/C9H13NO3/c1-6-5-12-9(11)8(6)10-13-7-3-2-4-7/h6-7H,2-5H2,1H3/b10-8-. The van der Waals surface area contributed by atoms with Gasteiger partial charge in [-0.1, -0.05) is 12.1 Å². The summed E-state index contributed by atoms with van der Waals surface area (Å²) >= 11 is 0. The molecule has 13 heavy (non-hydrogen) atoms. The van der Waals surface area contributed by atoms with Gasteiger partial charge >= 0.3 is 5.97 Å². The van der Waals surface area contributed by atoms with Crippen LogP contribution >= 0.6 is 0 Å². The summed E-state index contributed by atoms with van der Waals surface area (Å²) in [6, 6.07) is 0. The quantitative estimate of drug-likeness (QED) is 0.476. The first-order valence-corrected chi connectivity index (χ1v) is 4.68. The van der Waals surface area contributed by atoms with E-state index in [1.807, 2.05) is 6.92 Å². The number of cyclic esters (lactones) is 1. The van der Waals surface area contributed by atoms with Crippen molar-refractivity contribution < 1.29 is 14.4 Å². The summed E-state index contributed by atoms with van der Waals surface area (Å²) < 4.78 is 4.81. The summed E-state index contributed by atoms with van der Waals surface area (Å²) in [5.41, 5.74) is 0.437. The van der Waals surface area contributed by atoms with Crippen LogP contribution < -0.4 is 0 Å². The molecule has 0 radical (unpaired) electrons. The third kappa shape index (κ3) is 1.66. The van der Waals surface area contributed by atoms with E-state index >= 15 is 0 Å². The van der Waals surface area contributed by atoms with Gasteiger partial charge in [0.15, 0.2) is 5.71 Å². The van der Waals surface area contributed by atoms with E-state index in [1.54, 1.807) is 0 Å². The minimum atomic E-state index is -0.327. The molecule has 1 heterocycles. The summed E-state index contributed by atoms with van der Waals surface area (Å²) in [6.45, 7) is 2.35. The highest BCUT2D eigenvalue weighted by atomic mass is 16.6. The maximum atomic E-state index is 11.1. The Hall–Kier alpha value is -1.06. The van der Waals surface area contributed by atoms with Crippen LogP contribution in [0, 0.1) is 5.92 Å². The van der Waals surface area contributed by atoms with Crippen molar-refractivity contribution in [1.29, 1.82) is 0 Å². The van der Waals surface area contributed by atoms with Gasteiger partial charge in [0.1, 0.15) is 12.7 Å². The van der Waals surface area contributed by atoms with E-state index < -0.39 is 0 Å². The summed E-state index contributed by atoms with van der Waals surface area (Å²) in [6.07, 6.45) is 3.55. The molecule has 1 unspecified atom stereocenters.